The zero-order chi connectivity index (χ0) is 18.6. The molecule has 134 valence electrons. The summed E-state index contributed by atoms with van der Waals surface area (Å²) in [5.74, 6) is 0.186. The highest BCUT2D eigenvalue weighted by atomic mass is 19.1. The fourth-order valence-corrected chi connectivity index (χ4v) is 2.87. The highest BCUT2D eigenvalue weighted by molar-refractivity contribution is 5.93. The van der Waals surface area contributed by atoms with Gasteiger partial charge in [0, 0.05) is 37.2 Å². The van der Waals surface area contributed by atoms with Gasteiger partial charge in [0.15, 0.2) is 5.65 Å². The lowest BCUT2D eigenvalue weighted by Crippen LogP contribution is -2.27. The van der Waals surface area contributed by atoms with E-state index in [0.717, 1.165) is 11.1 Å². The molecule has 1 N–H and O–H groups in total. The van der Waals surface area contributed by atoms with Gasteiger partial charge in [-0.2, -0.15) is 0 Å². The molecule has 0 unspecified atom stereocenters. The van der Waals surface area contributed by atoms with Gasteiger partial charge < -0.3 is 9.88 Å². The van der Waals surface area contributed by atoms with Crippen molar-refractivity contribution in [1.82, 2.24) is 24.8 Å². The van der Waals surface area contributed by atoms with Crippen molar-refractivity contribution >= 4 is 17.1 Å². The minimum absolute atomic E-state index is 0.191. The van der Waals surface area contributed by atoms with Crippen LogP contribution in [0, 0.1) is 5.82 Å². The molecule has 0 fully saturated rings. The monoisotopic (exact) mass is 361 g/mol. The van der Waals surface area contributed by atoms with E-state index < -0.39 is 0 Å². The van der Waals surface area contributed by atoms with Gasteiger partial charge in [-0.15, -0.1) is 0 Å². The fourth-order valence-electron chi connectivity index (χ4n) is 2.87. The molecule has 0 bridgehead atoms. The van der Waals surface area contributed by atoms with Crippen LogP contribution in [0.15, 0.2) is 67.1 Å². The number of carbonyl (C=O) groups excluding carboxylic acids is 1. The second kappa shape index (κ2) is 7.33. The van der Waals surface area contributed by atoms with E-state index in [0.29, 0.717) is 30.1 Å². The maximum absolute atomic E-state index is 13.3. The quantitative estimate of drug-likeness (QED) is 0.593. The molecule has 0 saturated heterocycles. The number of aromatic nitrogens is 4. The van der Waals surface area contributed by atoms with Crippen molar-refractivity contribution in [3.05, 3.63) is 78.5 Å². The molecular formula is C20H16FN5O. The highest BCUT2D eigenvalue weighted by Gasteiger charge is 2.14. The van der Waals surface area contributed by atoms with E-state index in [1.807, 2.05) is 16.7 Å². The van der Waals surface area contributed by atoms with Gasteiger partial charge in [0.2, 0.25) is 0 Å². The molecule has 0 spiro atoms. The lowest BCUT2D eigenvalue weighted by atomic mass is 10.2. The first-order valence-corrected chi connectivity index (χ1v) is 8.48. The predicted molar refractivity (Wildman–Crippen MR) is 99.5 cm³/mol. The van der Waals surface area contributed by atoms with Crippen LogP contribution in [0.3, 0.4) is 0 Å². The number of rotatable bonds is 5. The molecule has 0 saturated carbocycles. The van der Waals surface area contributed by atoms with Crippen LogP contribution in [0.2, 0.25) is 0 Å². The van der Waals surface area contributed by atoms with Crippen LogP contribution in [0.25, 0.3) is 22.6 Å². The first-order valence-electron chi connectivity index (χ1n) is 8.48. The van der Waals surface area contributed by atoms with Gasteiger partial charge in [-0.05, 0) is 48.5 Å². The summed E-state index contributed by atoms with van der Waals surface area (Å²) < 4.78 is 15.2. The number of nitrogens with zero attached hydrogens (tertiary/aromatic N) is 4. The average molecular weight is 361 g/mol. The Bertz CT molecular complexity index is 1080. The van der Waals surface area contributed by atoms with Crippen LogP contribution in [-0.4, -0.2) is 32.0 Å². The van der Waals surface area contributed by atoms with E-state index in [1.165, 1.54) is 18.3 Å². The van der Waals surface area contributed by atoms with Crippen LogP contribution in [-0.2, 0) is 6.54 Å². The van der Waals surface area contributed by atoms with E-state index in [2.05, 4.69) is 20.3 Å². The van der Waals surface area contributed by atoms with Gasteiger partial charge in [-0.1, -0.05) is 0 Å². The van der Waals surface area contributed by atoms with Crippen LogP contribution in [0.1, 0.15) is 10.4 Å². The number of benzene rings is 1. The molecule has 0 radical (unpaired) electrons. The molecule has 7 heteroatoms. The maximum atomic E-state index is 13.3. The SMILES string of the molecule is O=C(NCCn1c(-c2ccc(F)cc2)nc2cccnc21)c1cccnc1. The van der Waals surface area contributed by atoms with Gasteiger partial charge >= 0.3 is 0 Å². The zero-order valence-electron chi connectivity index (χ0n) is 14.3. The Hall–Kier alpha value is -3.61. The summed E-state index contributed by atoms with van der Waals surface area (Å²) in [4.78, 5) is 25.2. The first-order chi connectivity index (χ1) is 13.2. The molecule has 0 aliphatic rings. The second-order valence-corrected chi connectivity index (χ2v) is 5.94. The number of imidazole rings is 1. The van der Waals surface area contributed by atoms with Crippen LogP contribution < -0.4 is 5.32 Å². The molecule has 0 aliphatic carbocycles. The molecule has 3 aromatic heterocycles. The molecule has 6 nitrogen and oxygen atoms in total. The standard InChI is InChI=1S/C20H16FN5O/c21-16-7-5-14(6-8-16)18-25-17-4-2-10-23-19(17)26(18)12-11-24-20(27)15-3-1-9-22-13-15/h1-10,13H,11-12H2,(H,24,27). The summed E-state index contributed by atoms with van der Waals surface area (Å²) in [6.07, 6.45) is 4.84. The van der Waals surface area contributed by atoms with E-state index in [1.54, 1.807) is 36.7 Å². The smallest absolute Gasteiger partial charge is 0.252 e. The summed E-state index contributed by atoms with van der Waals surface area (Å²) in [6, 6.07) is 13.3. The summed E-state index contributed by atoms with van der Waals surface area (Å²) in [5, 5.41) is 2.87. The third kappa shape index (κ3) is 3.52. The van der Waals surface area contributed by atoms with E-state index in [-0.39, 0.29) is 11.7 Å². The number of carbonyl (C=O) groups is 1. The number of amides is 1. The highest BCUT2D eigenvalue weighted by Crippen LogP contribution is 2.23. The van der Waals surface area contributed by atoms with Gasteiger partial charge in [0.25, 0.3) is 5.91 Å². The fraction of sp³-hybridized carbons (Fsp3) is 0.100. The summed E-state index contributed by atoms with van der Waals surface area (Å²) in [7, 11) is 0. The summed E-state index contributed by atoms with van der Waals surface area (Å²) >= 11 is 0. The largest absolute Gasteiger partial charge is 0.350 e. The number of hydrogen-bond donors (Lipinski definition) is 1. The topological polar surface area (TPSA) is 72.7 Å². The normalized spacial score (nSPS) is 10.9. The minimum Gasteiger partial charge on any atom is -0.350 e. The minimum atomic E-state index is -0.303. The van der Waals surface area contributed by atoms with Gasteiger partial charge in [-0.3, -0.25) is 9.78 Å². The van der Waals surface area contributed by atoms with Crippen molar-refractivity contribution < 1.29 is 9.18 Å². The number of halogens is 1. The number of nitrogens with one attached hydrogen (secondary N) is 1. The van der Waals surface area contributed by atoms with Crippen molar-refractivity contribution in [2.75, 3.05) is 6.54 Å². The molecule has 1 aromatic carbocycles. The van der Waals surface area contributed by atoms with Crippen LogP contribution in [0.4, 0.5) is 4.39 Å². The maximum Gasteiger partial charge on any atom is 0.252 e. The Morgan fingerprint density at radius 1 is 1.07 bits per heavy atom. The molecule has 0 atom stereocenters. The second-order valence-electron chi connectivity index (χ2n) is 5.94. The van der Waals surface area contributed by atoms with Crippen molar-refractivity contribution in [3.63, 3.8) is 0 Å². The number of hydrogen-bond acceptors (Lipinski definition) is 4. The molecule has 27 heavy (non-hydrogen) atoms. The van der Waals surface area contributed by atoms with Gasteiger partial charge in [0.1, 0.15) is 17.2 Å². The molecule has 0 aliphatic heterocycles. The molecular weight excluding hydrogens is 345 g/mol. The molecule has 3 heterocycles. The van der Waals surface area contributed by atoms with E-state index in [9.17, 15) is 9.18 Å². The Balaban J connectivity index is 1.59. The van der Waals surface area contributed by atoms with Gasteiger partial charge in [0.05, 0.1) is 5.56 Å². The van der Waals surface area contributed by atoms with Crippen LogP contribution >= 0.6 is 0 Å². The Kier molecular flexibility index (Phi) is 4.57. The molecule has 4 rings (SSSR count). The zero-order valence-corrected chi connectivity index (χ0v) is 14.3. The summed E-state index contributed by atoms with van der Waals surface area (Å²) in [5.41, 5.74) is 2.75. The first kappa shape index (κ1) is 16.8. The third-order valence-corrected chi connectivity index (χ3v) is 4.15. The summed E-state index contributed by atoms with van der Waals surface area (Å²) in [6.45, 7) is 0.871. The van der Waals surface area contributed by atoms with Crippen molar-refractivity contribution in [3.8, 4) is 11.4 Å². The Morgan fingerprint density at radius 3 is 2.67 bits per heavy atom. The number of fused-ring (bicyclic) bond motifs is 1. The van der Waals surface area contributed by atoms with Gasteiger partial charge in [-0.25, -0.2) is 14.4 Å². The molecule has 1 amide bonds. The Labute approximate surface area is 154 Å². The lowest BCUT2D eigenvalue weighted by molar-refractivity contribution is 0.0952. The van der Waals surface area contributed by atoms with Crippen molar-refractivity contribution in [2.45, 2.75) is 6.54 Å². The van der Waals surface area contributed by atoms with E-state index in [4.69, 9.17) is 0 Å². The van der Waals surface area contributed by atoms with Crippen molar-refractivity contribution in [2.24, 2.45) is 0 Å². The average Bonchev–Trinajstić information content (AvgIpc) is 3.08. The van der Waals surface area contributed by atoms with Crippen molar-refractivity contribution in [1.29, 1.82) is 0 Å². The third-order valence-electron chi connectivity index (χ3n) is 4.15. The lowest BCUT2D eigenvalue weighted by Gasteiger charge is -2.10. The van der Waals surface area contributed by atoms with Crippen LogP contribution in [0.5, 0.6) is 0 Å². The van der Waals surface area contributed by atoms with E-state index >= 15 is 0 Å². The molecule has 4 aromatic rings. The Morgan fingerprint density at radius 2 is 1.89 bits per heavy atom. The predicted octanol–water partition coefficient (Wildman–Crippen LogP) is 3.06. The number of pyridine rings is 2.